The molecule has 1 saturated heterocycles. The smallest absolute Gasteiger partial charge is 0.335 e. The fourth-order valence-electron chi connectivity index (χ4n) is 3.53. The molecule has 10 heteroatoms. The number of carbonyl (C=O) groups is 3. The van der Waals surface area contributed by atoms with Crippen LogP contribution >= 0.6 is 38.5 Å². The van der Waals surface area contributed by atoms with Gasteiger partial charge in [0.15, 0.2) is 11.5 Å². The minimum atomic E-state index is -0.819. The van der Waals surface area contributed by atoms with Gasteiger partial charge in [0.2, 0.25) is 0 Å². The second-order valence-electron chi connectivity index (χ2n) is 7.84. The Balaban J connectivity index is 1.64. The van der Waals surface area contributed by atoms with Crippen molar-refractivity contribution in [3.8, 4) is 11.5 Å². The van der Waals surface area contributed by atoms with Gasteiger partial charge >= 0.3 is 6.03 Å². The van der Waals surface area contributed by atoms with Gasteiger partial charge in [-0.15, -0.1) is 0 Å². The number of hydrogen-bond acceptors (Lipinski definition) is 5. The average molecular weight is 665 g/mol. The molecule has 0 radical (unpaired) electrons. The third-order valence-electron chi connectivity index (χ3n) is 5.36. The quantitative estimate of drug-likeness (QED) is 0.206. The summed E-state index contributed by atoms with van der Waals surface area (Å²) in [6.07, 6.45) is 1.40. The Bertz CT molecular complexity index is 1410. The number of hydrogen-bond donors (Lipinski definition) is 1. The van der Waals surface area contributed by atoms with Crippen LogP contribution < -0.4 is 19.7 Å². The Morgan fingerprint density at radius 1 is 1.08 bits per heavy atom. The molecule has 1 fully saturated rings. The third-order valence-corrected chi connectivity index (χ3v) is 7.05. The Morgan fingerprint density at radius 3 is 2.47 bits per heavy atom. The predicted octanol–water partition coefficient (Wildman–Crippen LogP) is 5.76. The number of nitrogens with one attached hydrogen (secondary N) is 1. The van der Waals surface area contributed by atoms with E-state index in [1.54, 1.807) is 42.5 Å². The van der Waals surface area contributed by atoms with Crippen LogP contribution in [0.4, 0.5) is 14.9 Å². The first-order chi connectivity index (χ1) is 17.2. The van der Waals surface area contributed by atoms with Crippen molar-refractivity contribution in [3.63, 3.8) is 0 Å². The number of barbiturate groups is 1. The van der Waals surface area contributed by atoms with Gasteiger partial charge in [-0.1, -0.05) is 28.1 Å². The average Bonchev–Trinajstić information content (AvgIpc) is 2.84. The van der Waals surface area contributed by atoms with Crippen LogP contribution in [0.1, 0.15) is 16.7 Å². The maximum Gasteiger partial charge on any atom is 0.335 e. The molecule has 3 aromatic rings. The molecule has 4 rings (SSSR count). The highest BCUT2D eigenvalue weighted by molar-refractivity contribution is 14.1. The fraction of sp³-hybridized carbons (Fsp3) is 0.115. The molecular weight excluding hydrogens is 646 g/mol. The van der Waals surface area contributed by atoms with Crippen molar-refractivity contribution in [2.45, 2.75) is 13.5 Å². The van der Waals surface area contributed by atoms with E-state index in [9.17, 15) is 18.8 Å². The molecule has 0 saturated carbocycles. The largest absolute Gasteiger partial charge is 0.493 e. The minimum Gasteiger partial charge on any atom is -0.493 e. The standard InChI is InChI=1S/C26H19BrFIN2O5/c1-14-9-18(7-8-20(14)27)31-25(33)19(24(32)30-26(31)34)10-16-11-21(29)23(22(12-16)35-2)36-13-15-3-5-17(28)6-4-15/h3-12H,13H2,1-2H3,(H,30,32,34)/b19-10+. The number of carbonyl (C=O) groups excluding carboxylic acids is 3. The van der Waals surface area contributed by atoms with Crippen molar-refractivity contribution in [2.24, 2.45) is 0 Å². The lowest BCUT2D eigenvalue weighted by Gasteiger charge is -2.26. The first kappa shape index (κ1) is 25.8. The molecular formula is C26H19BrFIN2O5. The SMILES string of the molecule is COc1cc(/C=C2\C(=O)NC(=O)N(c3ccc(Br)c(C)c3)C2=O)cc(I)c1OCc1ccc(F)cc1. The van der Waals surface area contributed by atoms with Crippen LogP contribution in [-0.4, -0.2) is 25.0 Å². The second-order valence-corrected chi connectivity index (χ2v) is 9.86. The van der Waals surface area contributed by atoms with Crippen molar-refractivity contribution in [3.05, 3.63) is 90.7 Å². The predicted molar refractivity (Wildman–Crippen MR) is 144 cm³/mol. The molecule has 1 aliphatic rings. The van der Waals surface area contributed by atoms with E-state index in [-0.39, 0.29) is 18.0 Å². The van der Waals surface area contributed by atoms with Gasteiger partial charge in [-0.2, -0.15) is 0 Å². The number of benzene rings is 3. The topological polar surface area (TPSA) is 84.9 Å². The molecule has 1 aliphatic heterocycles. The zero-order valence-electron chi connectivity index (χ0n) is 19.1. The van der Waals surface area contributed by atoms with Crippen LogP contribution in [0.25, 0.3) is 6.08 Å². The molecule has 0 atom stereocenters. The van der Waals surface area contributed by atoms with E-state index < -0.39 is 17.8 Å². The molecule has 0 aromatic heterocycles. The number of amides is 4. The summed E-state index contributed by atoms with van der Waals surface area (Å²) < 4.78 is 26.0. The van der Waals surface area contributed by atoms with E-state index in [0.717, 1.165) is 20.5 Å². The molecule has 3 aromatic carbocycles. The highest BCUT2D eigenvalue weighted by Gasteiger charge is 2.37. The Kier molecular flexibility index (Phi) is 7.74. The molecule has 184 valence electrons. The lowest BCUT2D eigenvalue weighted by atomic mass is 10.1. The number of urea groups is 1. The van der Waals surface area contributed by atoms with Crippen molar-refractivity contribution in [1.82, 2.24) is 5.32 Å². The van der Waals surface area contributed by atoms with Crippen molar-refractivity contribution >= 4 is 68.1 Å². The van der Waals surface area contributed by atoms with Crippen molar-refractivity contribution < 1.29 is 28.2 Å². The van der Waals surface area contributed by atoms with E-state index in [0.29, 0.717) is 26.3 Å². The monoisotopic (exact) mass is 664 g/mol. The summed E-state index contributed by atoms with van der Waals surface area (Å²) in [6.45, 7) is 2.02. The van der Waals surface area contributed by atoms with Gasteiger partial charge in [0.05, 0.1) is 16.4 Å². The minimum absolute atomic E-state index is 0.192. The van der Waals surface area contributed by atoms with E-state index in [1.807, 2.05) is 6.92 Å². The van der Waals surface area contributed by atoms with Gasteiger partial charge in [-0.25, -0.2) is 14.1 Å². The molecule has 7 nitrogen and oxygen atoms in total. The zero-order valence-corrected chi connectivity index (χ0v) is 22.8. The summed E-state index contributed by atoms with van der Waals surface area (Å²) >= 11 is 5.46. The first-order valence-corrected chi connectivity index (χ1v) is 12.5. The molecule has 0 unspecified atom stereocenters. The van der Waals surface area contributed by atoms with Crippen molar-refractivity contribution in [1.29, 1.82) is 0 Å². The highest BCUT2D eigenvalue weighted by Crippen LogP contribution is 2.36. The Hall–Kier alpha value is -3.25. The highest BCUT2D eigenvalue weighted by atomic mass is 127. The number of aryl methyl sites for hydroxylation is 1. The number of rotatable bonds is 6. The molecule has 0 spiro atoms. The van der Waals surface area contributed by atoms with E-state index in [1.165, 1.54) is 25.3 Å². The summed E-state index contributed by atoms with van der Waals surface area (Å²) in [5, 5.41) is 2.22. The van der Waals surface area contributed by atoms with Crippen LogP contribution in [-0.2, 0) is 16.2 Å². The van der Waals surface area contributed by atoms with Gasteiger partial charge in [0.25, 0.3) is 11.8 Å². The van der Waals surface area contributed by atoms with Gasteiger partial charge in [-0.3, -0.25) is 14.9 Å². The van der Waals surface area contributed by atoms with Crippen molar-refractivity contribution in [2.75, 3.05) is 12.0 Å². The van der Waals surface area contributed by atoms with Gasteiger partial charge in [0.1, 0.15) is 18.0 Å². The summed E-state index contributed by atoms with van der Waals surface area (Å²) in [7, 11) is 1.47. The number of nitrogens with zero attached hydrogens (tertiary/aromatic N) is 1. The summed E-state index contributed by atoms with van der Waals surface area (Å²) in [5.74, 6) is -1.01. The number of ether oxygens (including phenoxy) is 2. The number of anilines is 1. The Morgan fingerprint density at radius 2 is 1.81 bits per heavy atom. The number of halogens is 3. The van der Waals surface area contributed by atoms with E-state index in [2.05, 4.69) is 43.8 Å². The molecule has 4 amide bonds. The maximum atomic E-state index is 13.2. The van der Waals surface area contributed by atoms with Crippen LogP contribution in [0.15, 0.2) is 64.6 Å². The molecule has 0 bridgehead atoms. The van der Waals surface area contributed by atoms with Gasteiger partial charge < -0.3 is 9.47 Å². The van der Waals surface area contributed by atoms with E-state index >= 15 is 0 Å². The van der Waals surface area contributed by atoms with Crippen LogP contribution in [0.2, 0.25) is 0 Å². The summed E-state index contributed by atoms with van der Waals surface area (Å²) in [5.41, 5.74) is 2.25. The first-order valence-electron chi connectivity index (χ1n) is 10.6. The van der Waals surface area contributed by atoms with Gasteiger partial charge in [-0.05, 0) is 94.7 Å². The molecule has 0 aliphatic carbocycles. The third kappa shape index (κ3) is 5.44. The summed E-state index contributed by atoms with van der Waals surface area (Å²) in [6, 6.07) is 13.5. The number of imide groups is 2. The zero-order chi connectivity index (χ0) is 26.0. The maximum absolute atomic E-state index is 13.2. The summed E-state index contributed by atoms with van der Waals surface area (Å²) in [4.78, 5) is 39.2. The Labute approximate surface area is 228 Å². The normalized spacial score (nSPS) is 14.8. The molecule has 1 heterocycles. The van der Waals surface area contributed by atoms with Gasteiger partial charge in [0, 0.05) is 4.47 Å². The lowest BCUT2D eigenvalue weighted by Crippen LogP contribution is -2.54. The van der Waals surface area contributed by atoms with E-state index in [4.69, 9.17) is 9.47 Å². The van der Waals surface area contributed by atoms with Crippen LogP contribution in [0.5, 0.6) is 11.5 Å². The lowest BCUT2D eigenvalue weighted by molar-refractivity contribution is -0.122. The number of methoxy groups -OCH3 is 1. The fourth-order valence-corrected chi connectivity index (χ4v) is 4.55. The molecule has 36 heavy (non-hydrogen) atoms. The van der Waals surface area contributed by atoms with Crippen LogP contribution in [0.3, 0.4) is 0 Å². The second kappa shape index (κ2) is 10.8. The molecule has 1 N–H and O–H groups in total. The van der Waals surface area contributed by atoms with Crippen LogP contribution in [0, 0.1) is 16.3 Å².